The normalized spacial score (nSPS) is 12.5. The fraction of sp³-hybridized carbons (Fsp3) is 0.130. The number of benzene rings is 2. The number of aryl methyl sites for hydroxylation is 1. The van der Waals surface area contributed by atoms with Crippen LogP contribution in [0.1, 0.15) is 33.8 Å². The van der Waals surface area contributed by atoms with Crippen molar-refractivity contribution in [3.8, 4) is 17.3 Å². The number of oxazole rings is 1. The van der Waals surface area contributed by atoms with Gasteiger partial charge >= 0.3 is 4.87 Å². The van der Waals surface area contributed by atoms with Crippen LogP contribution in [0.2, 0.25) is 0 Å². The molecule has 0 aliphatic rings. The van der Waals surface area contributed by atoms with E-state index in [0.717, 1.165) is 27.8 Å². The van der Waals surface area contributed by atoms with Crippen LogP contribution < -0.4 is 4.87 Å². The minimum atomic E-state index is -1.07. The summed E-state index contributed by atoms with van der Waals surface area (Å²) in [7, 11) is 0. The van der Waals surface area contributed by atoms with Crippen LogP contribution in [-0.2, 0) is 6.42 Å². The van der Waals surface area contributed by atoms with Crippen molar-refractivity contribution in [2.75, 3.05) is 0 Å². The van der Waals surface area contributed by atoms with Crippen molar-refractivity contribution >= 4 is 22.3 Å². The van der Waals surface area contributed by atoms with E-state index in [4.69, 9.17) is 8.83 Å². The Labute approximate surface area is 180 Å². The van der Waals surface area contributed by atoms with E-state index < -0.39 is 6.10 Å². The highest BCUT2D eigenvalue weighted by Gasteiger charge is 2.23. The molecular formula is C23H18N2O5S. The number of fused-ring (bicyclic) bond motifs is 1. The molecule has 5 rings (SSSR count). The number of rotatable bonds is 5. The third-order valence-electron chi connectivity index (χ3n) is 5.05. The molecule has 31 heavy (non-hydrogen) atoms. The zero-order valence-electron chi connectivity index (χ0n) is 16.5. The number of aromatic amines is 1. The van der Waals surface area contributed by atoms with Gasteiger partial charge in [-0.05, 0) is 42.8 Å². The number of thiazole rings is 1. The molecule has 0 spiro atoms. The fourth-order valence-corrected chi connectivity index (χ4v) is 4.27. The van der Waals surface area contributed by atoms with Crippen LogP contribution >= 0.6 is 11.3 Å². The number of H-pyrrole nitrogens is 1. The maximum Gasteiger partial charge on any atom is 0.307 e. The summed E-state index contributed by atoms with van der Waals surface area (Å²) in [6.45, 7) is 1.76. The van der Waals surface area contributed by atoms with Crippen LogP contribution in [-0.4, -0.2) is 20.2 Å². The van der Waals surface area contributed by atoms with E-state index in [2.05, 4.69) is 9.97 Å². The summed E-state index contributed by atoms with van der Waals surface area (Å²) < 4.78 is 11.6. The predicted molar refractivity (Wildman–Crippen MR) is 116 cm³/mol. The van der Waals surface area contributed by atoms with Gasteiger partial charge < -0.3 is 19.0 Å². The lowest BCUT2D eigenvalue weighted by Gasteiger charge is -2.03. The highest BCUT2D eigenvalue weighted by atomic mass is 32.1. The van der Waals surface area contributed by atoms with Crippen LogP contribution in [0.3, 0.4) is 0 Å². The maximum atomic E-state index is 11.4. The average molecular weight is 434 g/mol. The van der Waals surface area contributed by atoms with Crippen LogP contribution in [0.25, 0.3) is 22.4 Å². The summed E-state index contributed by atoms with van der Waals surface area (Å²) in [6, 6.07) is 16.8. The number of aromatic hydroxyl groups is 1. The van der Waals surface area contributed by atoms with Crippen molar-refractivity contribution in [3.05, 3.63) is 91.9 Å². The summed E-state index contributed by atoms with van der Waals surface area (Å²) in [5, 5.41) is 21.5. The van der Waals surface area contributed by atoms with Crippen molar-refractivity contribution < 1.29 is 19.0 Å². The van der Waals surface area contributed by atoms with Gasteiger partial charge in [-0.3, -0.25) is 9.78 Å². The van der Waals surface area contributed by atoms with Crippen molar-refractivity contribution in [1.82, 2.24) is 9.97 Å². The first-order valence-corrected chi connectivity index (χ1v) is 10.4. The van der Waals surface area contributed by atoms with E-state index in [0.29, 0.717) is 40.0 Å². The van der Waals surface area contributed by atoms with E-state index in [1.165, 1.54) is 0 Å². The zero-order chi connectivity index (χ0) is 21.5. The van der Waals surface area contributed by atoms with E-state index in [9.17, 15) is 15.0 Å². The van der Waals surface area contributed by atoms with Gasteiger partial charge in [0, 0.05) is 17.4 Å². The number of aliphatic hydroxyl groups is 1. The predicted octanol–water partition coefficient (Wildman–Crippen LogP) is 4.52. The topological polar surface area (TPSA) is 112 Å². The molecule has 1 atom stereocenters. The second kappa shape index (κ2) is 7.57. The molecule has 5 aromatic rings. The SMILES string of the molecule is Cc1oc(-c2ccccc2)nc1C(O)c1cc2cc(Cc3sc(=O)[nH]c3O)ccc2o1. The van der Waals surface area contributed by atoms with Gasteiger partial charge in [0.15, 0.2) is 6.10 Å². The summed E-state index contributed by atoms with van der Waals surface area (Å²) in [5.74, 6) is 1.22. The van der Waals surface area contributed by atoms with E-state index >= 15 is 0 Å². The first-order chi connectivity index (χ1) is 15.0. The molecule has 0 amide bonds. The summed E-state index contributed by atoms with van der Waals surface area (Å²) >= 11 is 0.981. The molecule has 7 nitrogen and oxygen atoms in total. The minimum absolute atomic E-state index is 0.103. The molecule has 3 heterocycles. The van der Waals surface area contributed by atoms with Crippen molar-refractivity contribution in [3.63, 3.8) is 0 Å². The number of nitrogens with one attached hydrogen (secondary N) is 1. The third-order valence-corrected chi connectivity index (χ3v) is 5.92. The van der Waals surface area contributed by atoms with Gasteiger partial charge in [-0.15, -0.1) is 0 Å². The van der Waals surface area contributed by atoms with Crippen molar-refractivity contribution in [1.29, 1.82) is 0 Å². The summed E-state index contributed by atoms with van der Waals surface area (Å²) in [4.78, 5) is 18.5. The van der Waals surface area contributed by atoms with E-state index in [1.54, 1.807) is 19.1 Å². The van der Waals surface area contributed by atoms with Crippen LogP contribution in [0, 0.1) is 6.92 Å². The Hall–Kier alpha value is -3.62. The molecule has 0 saturated heterocycles. The van der Waals surface area contributed by atoms with Gasteiger partial charge in [0.1, 0.15) is 22.8 Å². The van der Waals surface area contributed by atoms with Gasteiger partial charge in [0.25, 0.3) is 0 Å². The lowest BCUT2D eigenvalue weighted by Crippen LogP contribution is -2.00. The number of hydrogen-bond acceptors (Lipinski definition) is 7. The summed E-state index contributed by atoms with van der Waals surface area (Å²) in [5.41, 5.74) is 2.76. The van der Waals surface area contributed by atoms with Gasteiger partial charge in [-0.25, -0.2) is 4.98 Å². The number of aromatic nitrogens is 2. The molecule has 0 radical (unpaired) electrons. The molecule has 3 aromatic heterocycles. The third kappa shape index (κ3) is 3.67. The number of aliphatic hydroxyl groups excluding tert-OH is 1. The molecule has 8 heteroatoms. The average Bonchev–Trinajstić information content (AvgIpc) is 3.44. The first-order valence-electron chi connectivity index (χ1n) is 9.62. The molecule has 1 unspecified atom stereocenters. The van der Waals surface area contributed by atoms with Gasteiger partial charge in [0.05, 0.1) is 4.88 Å². The summed E-state index contributed by atoms with van der Waals surface area (Å²) in [6.07, 6.45) is -0.659. The molecular weight excluding hydrogens is 416 g/mol. The number of nitrogens with zero attached hydrogens (tertiary/aromatic N) is 1. The fourth-order valence-electron chi connectivity index (χ4n) is 3.52. The van der Waals surface area contributed by atoms with Crippen LogP contribution in [0.4, 0.5) is 0 Å². The van der Waals surface area contributed by atoms with Gasteiger partial charge in [-0.1, -0.05) is 35.6 Å². The van der Waals surface area contributed by atoms with Crippen LogP contribution in [0.5, 0.6) is 5.88 Å². The highest BCUT2D eigenvalue weighted by molar-refractivity contribution is 7.09. The molecule has 0 aliphatic carbocycles. The highest BCUT2D eigenvalue weighted by Crippen LogP contribution is 2.32. The Bertz CT molecular complexity index is 1430. The van der Waals surface area contributed by atoms with E-state index in [1.807, 2.05) is 42.5 Å². The molecule has 0 saturated carbocycles. The molecule has 2 aromatic carbocycles. The second-order valence-electron chi connectivity index (χ2n) is 7.21. The minimum Gasteiger partial charge on any atom is -0.494 e. The lowest BCUT2D eigenvalue weighted by atomic mass is 10.1. The van der Waals surface area contributed by atoms with Gasteiger partial charge in [0.2, 0.25) is 11.8 Å². The van der Waals surface area contributed by atoms with Gasteiger partial charge in [-0.2, -0.15) is 0 Å². The number of hydrogen-bond donors (Lipinski definition) is 3. The quantitative estimate of drug-likeness (QED) is 0.375. The molecule has 0 bridgehead atoms. The standard InChI is InChI=1S/C23H18N2O5S/c1-12-19(24-22(29-12)14-5-3-2-4-6-14)20(26)17-11-15-9-13(7-8-16(15)30-17)10-18-21(27)25-23(28)31-18/h2-9,11,20,26-27H,10H2,1H3,(H,25,28). The second-order valence-corrected chi connectivity index (χ2v) is 8.28. The monoisotopic (exact) mass is 434 g/mol. The Morgan fingerprint density at radius 1 is 1.13 bits per heavy atom. The van der Waals surface area contributed by atoms with Crippen molar-refractivity contribution in [2.45, 2.75) is 19.4 Å². The maximum absolute atomic E-state index is 11.4. The largest absolute Gasteiger partial charge is 0.494 e. The Balaban J connectivity index is 1.44. The smallest absolute Gasteiger partial charge is 0.307 e. The molecule has 0 aliphatic heterocycles. The lowest BCUT2D eigenvalue weighted by molar-refractivity contribution is 0.186. The molecule has 0 fully saturated rings. The number of furan rings is 1. The molecule has 3 N–H and O–H groups in total. The Morgan fingerprint density at radius 3 is 2.68 bits per heavy atom. The Morgan fingerprint density at radius 2 is 1.94 bits per heavy atom. The zero-order valence-corrected chi connectivity index (χ0v) is 17.3. The first kappa shape index (κ1) is 19.3. The van der Waals surface area contributed by atoms with Crippen LogP contribution in [0.15, 0.2) is 68.2 Å². The molecule has 156 valence electrons. The van der Waals surface area contributed by atoms with Crippen molar-refractivity contribution in [2.24, 2.45) is 0 Å². The van der Waals surface area contributed by atoms with E-state index in [-0.39, 0.29) is 10.8 Å². The Kier molecular flexibility index (Phi) is 4.72.